The summed E-state index contributed by atoms with van der Waals surface area (Å²) in [5.74, 6) is -1.09. The molecule has 60 heavy (non-hydrogen) atoms. The summed E-state index contributed by atoms with van der Waals surface area (Å²) in [6.07, 6.45) is 8.58. The zero-order valence-corrected chi connectivity index (χ0v) is 34.2. The number of nitrogens with one attached hydrogen (secondary N) is 2. The van der Waals surface area contributed by atoms with Crippen LogP contribution in [0.25, 0.3) is 22.0 Å². The van der Waals surface area contributed by atoms with Gasteiger partial charge in [-0.15, -0.1) is 5.10 Å². The molecule has 6 heterocycles. The van der Waals surface area contributed by atoms with Crippen molar-refractivity contribution in [3.63, 3.8) is 0 Å². The molecule has 1 aliphatic carbocycles. The minimum absolute atomic E-state index is 0.0772. The molecule has 0 spiro atoms. The van der Waals surface area contributed by atoms with Crippen LogP contribution in [0.15, 0.2) is 59.8 Å². The highest BCUT2D eigenvalue weighted by atomic mass is 16.5. The van der Waals surface area contributed by atoms with Crippen LogP contribution in [0, 0.1) is 5.92 Å². The van der Waals surface area contributed by atoms with E-state index >= 15 is 0 Å². The quantitative estimate of drug-likeness (QED) is 0.103. The van der Waals surface area contributed by atoms with Gasteiger partial charge in [0, 0.05) is 68.6 Å². The second kappa shape index (κ2) is 15.9. The van der Waals surface area contributed by atoms with E-state index in [9.17, 15) is 28.8 Å². The number of amides is 4. The van der Waals surface area contributed by atoms with Crippen molar-refractivity contribution in [1.29, 1.82) is 0 Å². The van der Waals surface area contributed by atoms with Gasteiger partial charge in [-0.2, -0.15) is 0 Å². The van der Waals surface area contributed by atoms with Gasteiger partial charge in [0.05, 0.1) is 50.2 Å². The zero-order chi connectivity index (χ0) is 42.5. The number of aryl methyl sites for hydroxylation is 3. The van der Waals surface area contributed by atoms with Crippen LogP contribution in [-0.2, 0) is 48.1 Å². The molecule has 5 aromatic rings. The molecule has 1 saturated carbocycles. The van der Waals surface area contributed by atoms with Crippen LogP contribution in [0.1, 0.15) is 70.5 Å². The van der Waals surface area contributed by atoms with Crippen LogP contribution >= 0.6 is 0 Å². The molecule has 4 amide bonds. The van der Waals surface area contributed by atoms with Crippen LogP contribution in [0.2, 0.25) is 0 Å². The molecule has 0 atom stereocenters. The molecule has 2 N–H and O–H groups in total. The number of nitrogens with zero attached hydrogens (tertiary/aromatic N) is 7. The van der Waals surface area contributed by atoms with E-state index in [-0.39, 0.29) is 60.2 Å². The molecule has 9 rings (SSSR count). The highest BCUT2D eigenvalue weighted by molar-refractivity contribution is 6.27. The SMILES string of the molecule is COc1cc(-c2cn(C)c(=O)c3c2ccn3C)cc(OC)c1CN(C)CC(=O)CCCCCn1cc(CNc2cccc3c2C(=O)N(C24CC(C2)C(=O)NC4=O)C3=O)nn1. The number of rotatable bonds is 17. The number of benzene rings is 2. The largest absolute Gasteiger partial charge is 0.496 e. The summed E-state index contributed by atoms with van der Waals surface area (Å²) in [5.41, 5.74) is 3.22. The zero-order valence-electron chi connectivity index (χ0n) is 34.2. The van der Waals surface area contributed by atoms with Gasteiger partial charge in [-0.1, -0.05) is 17.7 Å². The lowest BCUT2D eigenvalue weighted by atomic mass is 9.63. The maximum Gasteiger partial charge on any atom is 0.274 e. The summed E-state index contributed by atoms with van der Waals surface area (Å²) >= 11 is 0. The highest BCUT2D eigenvalue weighted by Gasteiger charge is 2.65. The number of aromatic nitrogens is 5. The molecule has 3 aromatic heterocycles. The number of hydrogen-bond donors (Lipinski definition) is 2. The number of hydrogen-bond acceptors (Lipinski definition) is 12. The monoisotopic (exact) mass is 817 g/mol. The summed E-state index contributed by atoms with van der Waals surface area (Å²) < 4.78 is 16.8. The maximum absolute atomic E-state index is 13.6. The number of imide groups is 2. The van der Waals surface area contributed by atoms with Crippen molar-refractivity contribution in [2.45, 2.75) is 63.7 Å². The number of carbonyl (C=O) groups excluding carboxylic acids is 5. The summed E-state index contributed by atoms with van der Waals surface area (Å²) in [7, 11) is 8.69. The van der Waals surface area contributed by atoms with Crippen LogP contribution in [0.5, 0.6) is 11.5 Å². The first-order valence-corrected chi connectivity index (χ1v) is 19.9. The Bertz CT molecular complexity index is 2610. The molecule has 17 nitrogen and oxygen atoms in total. The number of anilines is 1. The Morgan fingerprint density at radius 2 is 1.70 bits per heavy atom. The molecule has 0 unspecified atom stereocenters. The Morgan fingerprint density at radius 3 is 2.42 bits per heavy atom. The van der Waals surface area contributed by atoms with Gasteiger partial charge in [-0.3, -0.25) is 48.6 Å². The Kier molecular flexibility index (Phi) is 10.6. The van der Waals surface area contributed by atoms with Gasteiger partial charge in [-0.25, -0.2) is 0 Å². The summed E-state index contributed by atoms with van der Waals surface area (Å²) in [6, 6.07) is 10.8. The van der Waals surface area contributed by atoms with Gasteiger partial charge in [0.1, 0.15) is 34.0 Å². The van der Waals surface area contributed by atoms with E-state index in [0.29, 0.717) is 47.9 Å². The van der Waals surface area contributed by atoms with Crippen molar-refractivity contribution < 1.29 is 33.4 Å². The summed E-state index contributed by atoms with van der Waals surface area (Å²) in [4.78, 5) is 80.6. The minimum Gasteiger partial charge on any atom is -0.496 e. The van der Waals surface area contributed by atoms with Gasteiger partial charge in [0.25, 0.3) is 23.3 Å². The number of pyridine rings is 1. The van der Waals surface area contributed by atoms with Crippen LogP contribution in [0.4, 0.5) is 5.69 Å². The molecule has 0 radical (unpaired) electrons. The lowest BCUT2D eigenvalue weighted by Gasteiger charge is -2.52. The van der Waals surface area contributed by atoms with Crippen molar-refractivity contribution in [3.05, 3.63) is 87.7 Å². The van der Waals surface area contributed by atoms with Crippen LogP contribution in [0.3, 0.4) is 0 Å². The van der Waals surface area contributed by atoms with E-state index in [2.05, 4.69) is 20.9 Å². The number of Topliss-reactive ketones (excluding diaryl/α,β-unsaturated/α-hetero) is 1. The van der Waals surface area contributed by atoms with Gasteiger partial charge >= 0.3 is 0 Å². The second-order valence-electron chi connectivity index (χ2n) is 16.0. The maximum atomic E-state index is 13.6. The lowest BCUT2D eigenvalue weighted by Crippen LogP contribution is -2.74. The Labute approximate surface area is 345 Å². The van der Waals surface area contributed by atoms with Crippen molar-refractivity contribution in [3.8, 4) is 22.6 Å². The van der Waals surface area contributed by atoms with Crippen LogP contribution in [-0.4, -0.2) is 96.7 Å². The fourth-order valence-electron chi connectivity index (χ4n) is 8.78. The first-order valence-electron chi connectivity index (χ1n) is 19.9. The normalized spacial score (nSPS) is 18.2. The molecule has 2 saturated heterocycles. The van der Waals surface area contributed by atoms with Crippen molar-refractivity contribution in [2.75, 3.05) is 33.1 Å². The molecule has 4 aliphatic rings. The van der Waals surface area contributed by atoms with Crippen LogP contribution < -0.4 is 25.7 Å². The summed E-state index contributed by atoms with van der Waals surface area (Å²) in [5, 5.41) is 14.8. The number of ether oxygens (including phenoxy) is 2. The second-order valence-corrected chi connectivity index (χ2v) is 16.0. The fourth-order valence-corrected chi connectivity index (χ4v) is 8.78. The Morgan fingerprint density at radius 1 is 0.950 bits per heavy atom. The number of ketones is 1. The third-order valence-electron chi connectivity index (χ3n) is 11.9. The van der Waals surface area contributed by atoms with E-state index in [4.69, 9.17) is 9.47 Å². The van der Waals surface area contributed by atoms with Crippen molar-refractivity contribution >= 4 is 46.0 Å². The van der Waals surface area contributed by atoms with Crippen molar-refractivity contribution in [1.82, 2.24) is 39.2 Å². The lowest BCUT2D eigenvalue weighted by molar-refractivity contribution is -0.158. The number of methoxy groups -OCH3 is 2. The molecule has 2 bridgehead atoms. The number of carbonyl (C=O) groups is 5. The first kappa shape index (κ1) is 40.2. The van der Waals surface area contributed by atoms with Gasteiger partial charge < -0.3 is 23.9 Å². The van der Waals surface area contributed by atoms with E-state index in [1.807, 2.05) is 60.4 Å². The van der Waals surface area contributed by atoms with E-state index < -0.39 is 23.3 Å². The molecule has 3 fully saturated rings. The fraction of sp³-hybridized carbons (Fsp3) is 0.395. The van der Waals surface area contributed by atoms with Gasteiger partial charge in [-0.05, 0) is 68.6 Å². The molecule has 3 aliphatic heterocycles. The Hall–Kier alpha value is -6.62. The number of piperidine rings is 2. The number of fused-ring (bicyclic) bond motifs is 4. The van der Waals surface area contributed by atoms with E-state index in [0.717, 1.165) is 46.2 Å². The van der Waals surface area contributed by atoms with E-state index in [1.54, 1.807) is 48.7 Å². The topological polar surface area (TPSA) is 192 Å². The molecule has 17 heteroatoms. The predicted molar refractivity (Wildman–Crippen MR) is 219 cm³/mol. The average molecular weight is 818 g/mol. The first-order chi connectivity index (χ1) is 28.8. The number of unbranched alkanes of at least 4 members (excludes halogenated alkanes) is 2. The standard InChI is InChI=1S/C43H47N9O8/c1-48(23-32-34(59-4)16-25(17-35(32)60-5)31-24-50(3)41(57)37-29(31)13-15-49(37)2)22-28(53)10-7-6-8-14-51-21-27(46-47-51)20-44-33-12-9-11-30-36(33)40(56)52(39(30)55)43-18-26(19-43)38(54)45-42(43)58/h9,11-13,15-17,21,24,26,44H,6-8,10,14,18-20,22-23H2,1-5H3,(H,45,54,58). The summed E-state index contributed by atoms with van der Waals surface area (Å²) in [6.45, 7) is 1.55. The third-order valence-corrected chi connectivity index (χ3v) is 11.9. The van der Waals surface area contributed by atoms with Crippen molar-refractivity contribution in [2.24, 2.45) is 20.0 Å². The van der Waals surface area contributed by atoms with Gasteiger partial charge in [0.2, 0.25) is 5.91 Å². The number of likely N-dealkylation sites (N-methyl/N-ethyl adjacent to an activating group) is 1. The highest BCUT2D eigenvalue weighted by Crippen LogP contribution is 2.49. The molecule has 312 valence electrons. The molecular formula is C43H47N9O8. The minimum atomic E-state index is -1.34. The predicted octanol–water partition coefficient (Wildman–Crippen LogP) is 3.43. The molecular weight excluding hydrogens is 771 g/mol. The average Bonchev–Trinajstić information content (AvgIpc) is 3.90. The van der Waals surface area contributed by atoms with Gasteiger partial charge in [0.15, 0.2) is 0 Å². The molecule has 2 aromatic carbocycles. The van der Waals surface area contributed by atoms with E-state index in [1.165, 1.54) is 0 Å². The smallest absolute Gasteiger partial charge is 0.274 e. The Balaban J connectivity index is 0.803. The third kappa shape index (κ3) is 7.01.